The highest BCUT2D eigenvalue weighted by atomic mass is 35.5. The molecule has 0 fully saturated rings. The molecule has 1 aromatic heterocycles. The van der Waals surface area contributed by atoms with E-state index in [0.29, 0.717) is 0 Å². The van der Waals surface area contributed by atoms with Gasteiger partial charge in [-0.1, -0.05) is 29.8 Å². The van der Waals surface area contributed by atoms with Crippen molar-refractivity contribution >= 4 is 11.6 Å². The monoisotopic (exact) mass is 277 g/mol. The van der Waals surface area contributed by atoms with Crippen LogP contribution in [0.2, 0.25) is 5.02 Å². The van der Waals surface area contributed by atoms with Crippen molar-refractivity contribution in [2.75, 3.05) is 0 Å². The van der Waals surface area contributed by atoms with Gasteiger partial charge in [0.25, 0.3) is 0 Å². The van der Waals surface area contributed by atoms with Gasteiger partial charge in [-0.25, -0.2) is 0 Å². The molecule has 1 heterocycles. The molecule has 1 atom stereocenters. The molecule has 0 aliphatic rings. The average molecular weight is 278 g/mol. The van der Waals surface area contributed by atoms with Gasteiger partial charge in [-0.15, -0.1) is 0 Å². The molecular formula is C15H20ClN3. The zero-order valence-corrected chi connectivity index (χ0v) is 12.2. The number of hydrogen-bond acceptors (Lipinski definition) is 2. The number of rotatable bonds is 5. The molecule has 0 spiro atoms. The molecule has 1 aromatic carbocycles. The summed E-state index contributed by atoms with van der Waals surface area (Å²) in [7, 11) is 0. The van der Waals surface area contributed by atoms with Crippen LogP contribution in [0.25, 0.3) is 0 Å². The van der Waals surface area contributed by atoms with Crippen LogP contribution in [0, 0.1) is 6.92 Å². The van der Waals surface area contributed by atoms with E-state index >= 15 is 0 Å². The summed E-state index contributed by atoms with van der Waals surface area (Å²) in [4.78, 5) is 0. The van der Waals surface area contributed by atoms with Gasteiger partial charge >= 0.3 is 0 Å². The van der Waals surface area contributed by atoms with E-state index in [1.54, 1.807) is 0 Å². The zero-order chi connectivity index (χ0) is 13.8. The Morgan fingerprint density at radius 2 is 2.05 bits per heavy atom. The molecule has 2 aromatic rings. The van der Waals surface area contributed by atoms with Crippen LogP contribution in [0.5, 0.6) is 0 Å². The quantitative estimate of drug-likeness (QED) is 0.913. The Balaban J connectivity index is 2.05. The lowest BCUT2D eigenvalue weighted by Gasteiger charge is -2.13. The number of nitrogens with zero attached hydrogens (tertiary/aromatic N) is 2. The van der Waals surface area contributed by atoms with Crippen molar-refractivity contribution in [3.05, 3.63) is 52.3 Å². The third kappa shape index (κ3) is 3.58. The van der Waals surface area contributed by atoms with E-state index < -0.39 is 0 Å². The van der Waals surface area contributed by atoms with Crippen molar-refractivity contribution in [1.82, 2.24) is 9.78 Å². The first kappa shape index (κ1) is 14.1. The van der Waals surface area contributed by atoms with Gasteiger partial charge in [0.05, 0.1) is 5.69 Å². The molecule has 19 heavy (non-hydrogen) atoms. The summed E-state index contributed by atoms with van der Waals surface area (Å²) in [6, 6.07) is 10.0. The number of aryl methyl sites for hydroxylation is 2. The van der Waals surface area contributed by atoms with E-state index in [9.17, 15) is 0 Å². The number of aromatic nitrogens is 2. The summed E-state index contributed by atoms with van der Waals surface area (Å²) in [6.45, 7) is 4.98. The molecule has 102 valence electrons. The van der Waals surface area contributed by atoms with E-state index in [1.807, 2.05) is 35.9 Å². The third-order valence-electron chi connectivity index (χ3n) is 3.20. The standard InChI is InChI=1S/C15H20ClN3/c1-3-19-14(8-11(2)18-19)10-13(17)9-12-6-4-5-7-15(12)16/h4-8,13H,3,9-10,17H2,1-2H3. The highest BCUT2D eigenvalue weighted by Crippen LogP contribution is 2.17. The zero-order valence-electron chi connectivity index (χ0n) is 11.4. The van der Waals surface area contributed by atoms with Crippen molar-refractivity contribution in [3.63, 3.8) is 0 Å². The minimum atomic E-state index is 0.0568. The van der Waals surface area contributed by atoms with Crippen molar-refractivity contribution in [1.29, 1.82) is 0 Å². The van der Waals surface area contributed by atoms with Gasteiger partial charge in [0.2, 0.25) is 0 Å². The normalized spacial score (nSPS) is 12.6. The van der Waals surface area contributed by atoms with Gasteiger partial charge in [0.15, 0.2) is 0 Å². The summed E-state index contributed by atoms with van der Waals surface area (Å²) in [5, 5.41) is 5.23. The molecule has 1 unspecified atom stereocenters. The fraction of sp³-hybridized carbons (Fsp3) is 0.400. The largest absolute Gasteiger partial charge is 0.327 e. The SMILES string of the molecule is CCn1nc(C)cc1CC(N)Cc1ccccc1Cl. The van der Waals surface area contributed by atoms with Crippen molar-refractivity contribution in [2.24, 2.45) is 5.73 Å². The fourth-order valence-corrected chi connectivity index (χ4v) is 2.54. The maximum atomic E-state index is 6.24. The highest BCUT2D eigenvalue weighted by molar-refractivity contribution is 6.31. The number of hydrogen-bond donors (Lipinski definition) is 1. The molecule has 2 rings (SSSR count). The second kappa shape index (κ2) is 6.22. The molecule has 0 saturated heterocycles. The molecule has 4 heteroatoms. The van der Waals surface area contributed by atoms with Gasteiger partial charge < -0.3 is 5.73 Å². The highest BCUT2D eigenvalue weighted by Gasteiger charge is 2.11. The number of nitrogens with two attached hydrogens (primary N) is 1. The first-order chi connectivity index (χ1) is 9.10. The van der Waals surface area contributed by atoms with Crippen LogP contribution in [0.4, 0.5) is 0 Å². The van der Waals surface area contributed by atoms with Crippen molar-refractivity contribution in [2.45, 2.75) is 39.3 Å². The van der Waals surface area contributed by atoms with Crippen LogP contribution >= 0.6 is 11.6 Å². The summed E-state index contributed by atoms with van der Waals surface area (Å²) < 4.78 is 2.02. The summed E-state index contributed by atoms with van der Waals surface area (Å²) in [5.74, 6) is 0. The topological polar surface area (TPSA) is 43.8 Å². The number of halogens is 1. The van der Waals surface area contributed by atoms with Crippen molar-refractivity contribution in [3.8, 4) is 0 Å². The van der Waals surface area contributed by atoms with Gasteiger partial charge in [0, 0.05) is 29.7 Å². The van der Waals surface area contributed by atoms with Crippen molar-refractivity contribution < 1.29 is 0 Å². The molecule has 3 nitrogen and oxygen atoms in total. The second-order valence-corrected chi connectivity index (χ2v) is 5.26. The predicted molar refractivity (Wildman–Crippen MR) is 79.5 cm³/mol. The van der Waals surface area contributed by atoms with E-state index in [4.69, 9.17) is 17.3 Å². The summed E-state index contributed by atoms with van der Waals surface area (Å²) >= 11 is 6.16. The summed E-state index contributed by atoms with van der Waals surface area (Å²) in [6.07, 6.45) is 1.60. The summed E-state index contributed by atoms with van der Waals surface area (Å²) in [5.41, 5.74) is 9.58. The molecule has 2 N–H and O–H groups in total. The molecule has 0 saturated carbocycles. The second-order valence-electron chi connectivity index (χ2n) is 4.85. The Bertz CT molecular complexity index is 548. The Morgan fingerprint density at radius 3 is 2.74 bits per heavy atom. The molecular weight excluding hydrogens is 258 g/mol. The van der Waals surface area contributed by atoms with Gasteiger partial charge in [-0.2, -0.15) is 5.10 Å². The maximum Gasteiger partial charge on any atom is 0.0596 e. The lowest BCUT2D eigenvalue weighted by atomic mass is 10.0. The molecule has 0 bridgehead atoms. The first-order valence-corrected chi connectivity index (χ1v) is 7.00. The Labute approximate surface area is 119 Å². The molecule has 0 amide bonds. The minimum Gasteiger partial charge on any atom is -0.327 e. The van der Waals surface area contributed by atoms with E-state index in [-0.39, 0.29) is 6.04 Å². The van der Waals surface area contributed by atoms with Crippen LogP contribution in [-0.4, -0.2) is 15.8 Å². The molecule has 0 aliphatic heterocycles. The Kier molecular flexibility index (Phi) is 4.61. The van der Waals surface area contributed by atoms with Crippen LogP contribution in [0.15, 0.2) is 30.3 Å². The predicted octanol–water partition coefficient (Wildman–Crippen LogP) is 2.98. The smallest absolute Gasteiger partial charge is 0.0596 e. The van der Waals surface area contributed by atoms with E-state index in [2.05, 4.69) is 18.1 Å². The molecule has 0 aliphatic carbocycles. The van der Waals surface area contributed by atoms with E-state index in [1.165, 1.54) is 5.69 Å². The van der Waals surface area contributed by atoms with E-state index in [0.717, 1.165) is 35.7 Å². The lowest BCUT2D eigenvalue weighted by Crippen LogP contribution is -2.27. The van der Waals surface area contributed by atoms with Gasteiger partial charge in [-0.3, -0.25) is 4.68 Å². The maximum absolute atomic E-state index is 6.24. The first-order valence-electron chi connectivity index (χ1n) is 6.62. The lowest BCUT2D eigenvalue weighted by molar-refractivity contribution is 0.574. The fourth-order valence-electron chi connectivity index (χ4n) is 2.32. The Morgan fingerprint density at radius 1 is 1.32 bits per heavy atom. The van der Waals surface area contributed by atoms with Gasteiger partial charge in [0.1, 0.15) is 0 Å². The minimum absolute atomic E-state index is 0.0568. The van der Waals surface area contributed by atoms with Crippen LogP contribution in [0.3, 0.4) is 0 Å². The third-order valence-corrected chi connectivity index (χ3v) is 3.57. The average Bonchev–Trinajstić information content (AvgIpc) is 2.72. The molecule has 0 radical (unpaired) electrons. The van der Waals surface area contributed by atoms with Crippen LogP contribution in [0.1, 0.15) is 23.9 Å². The van der Waals surface area contributed by atoms with Crippen LogP contribution in [-0.2, 0) is 19.4 Å². The van der Waals surface area contributed by atoms with Crippen LogP contribution < -0.4 is 5.73 Å². The Hall–Kier alpha value is -1.32. The van der Waals surface area contributed by atoms with Gasteiger partial charge in [-0.05, 0) is 38.0 Å². The number of benzene rings is 1.